The highest BCUT2D eigenvalue weighted by atomic mass is 16.5. The maximum atomic E-state index is 13.2. The van der Waals surface area contributed by atoms with E-state index in [9.17, 15) is 9.59 Å². The van der Waals surface area contributed by atoms with E-state index in [4.69, 9.17) is 4.74 Å². The quantitative estimate of drug-likeness (QED) is 0.676. The van der Waals surface area contributed by atoms with Gasteiger partial charge in [-0.1, -0.05) is 31.5 Å². The summed E-state index contributed by atoms with van der Waals surface area (Å²) in [6, 6.07) is 9.57. The maximum Gasteiger partial charge on any atom is 0.256 e. The third-order valence-electron chi connectivity index (χ3n) is 5.76. The molecule has 0 unspecified atom stereocenters. The Labute approximate surface area is 185 Å². The number of fused-ring (bicyclic) bond motifs is 1. The molecule has 0 spiro atoms. The molecule has 0 radical (unpaired) electrons. The number of benzene rings is 2. The van der Waals surface area contributed by atoms with Crippen LogP contribution >= 0.6 is 0 Å². The molecule has 1 aliphatic rings. The number of carbonyl (C=O) groups excluding carboxylic acids is 2. The Balaban J connectivity index is 1.91. The Hall–Kier alpha value is -2.82. The molecule has 0 fully saturated rings. The van der Waals surface area contributed by atoms with Crippen LogP contribution in [0.3, 0.4) is 0 Å². The van der Waals surface area contributed by atoms with Crippen molar-refractivity contribution >= 4 is 23.2 Å². The summed E-state index contributed by atoms with van der Waals surface area (Å²) >= 11 is 0. The lowest BCUT2D eigenvalue weighted by Gasteiger charge is -2.28. The van der Waals surface area contributed by atoms with Crippen molar-refractivity contribution in [3.05, 3.63) is 52.6 Å². The highest BCUT2D eigenvalue weighted by Crippen LogP contribution is 2.38. The minimum absolute atomic E-state index is 0.0644. The summed E-state index contributed by atoms with van der Waals surface area (Å²) < 4.78 is 6.05. The summed E-state index contributed by atoms with van der Waals surface area (Å²) in [5, 5.41) is 3.00. The Morgan fingerprint density at radius 2 is 1.77 bits per heavy atom. The van der Waals surface area contributed by atoms with Crippen molar-refractivity contribution in [2.24, 2.45) is 11.3 Å². The van der Waals surface area contributed by atoms with Gasteiger partial charge in [0.15, 0.2) is 0 Å². The number of aryl methyl sites for hydroxylation is 3. The summed E-state index contributed by atoms with van der Waals surface area (Å²) in [5.41, 5.74) is 4.53. The van der Waals surface area contributed by atoms with Crippen LogP contribution in [0.1, 0.15) is 61.2 Å². The highest BCUT2D eigenvalue weighted by molar-refractivity contribution is 6.07. The van der Waals surface area contributed by atoms with Gasteiger partial charge in [0.05, 0.1) is 11.1 Å². The molecule has 0 bridgehead atoms. The van der Waals surface area contributed by atoms with Crippen LogP contribution < -0.4 is 15.0 Å². The van der Waals surface area contributed by atoms with Crippen LogP contribution in [0.25, 0.3) is 0 Å². The molecule has 2 amide bonds. The molecule has 0 aliphatic carbocycles. The molecule has 1 heterocycles. The molecule has 2 aromatic rings. The third-order valence-corrected chi connectivity index (χ3v) is 5.76. The van der Waals surface area contributed by atoms with E-state index >= 15 is 0 Å². The van der Waals surface area contributed by atoms with E-state index in [1.807, 2.05) is 69.9 Å². The SMILES string of the molecule is Cc1cc(C)c(C(=O)Nc2ccc3c(c2)OCC(C)(C)C(=O)N3CCC(C)C)c(C)c1. The molecule has 5 nitrogen and oxygen atoms in total. The first kappa shape index (κ1) is 22.9. The van der Waals surface area contributed by atoms with Gasteiger partial charge in [0, 0.05) is 23.9 Å². The highest BCUT2D eigenvalue weighted by Gasteiger charge is 2.37. The average Bonchev–Trinajstić information content (AvgIpc) is 2.74. The van der Waals surface area contributed by atoms with Gasteiger partial charge in [-0.15, -0.1) is 0 Å². The van der Waals surface area contributed by atoms with E-state index < -0.39 is 5.41 Å². The number of ether oxygens (including phenoxy) is 1. The summed E-state index contributed by atoms with van der Waals surface area (Å²) in [6.07, 6.45) is 0.908. The number of hydrogen-bond acceptors (Lipinski definition) is 3. The number of nitrogens with one attached hydrogen (secondary N) is 1. The van der Waals surface area contributed by atoms with Crippen molar-refractivity contribution in [1.82, 2.24) is 0 Å². The standard InChI is InChI=1S/C26H34N2O3/c1-16(2)10-11-28-21-9-8-20(14-22(21)31-15-26(6,7)25(28)30)27-24(29)23-18(4)12-17(3)13-19(23)5/h8-9,12-14,16H,10-11,15H2,1-7H3,(H,27,29). The van der Waals surface area contributed by atoms with Gasteiger partial charge in [0.25, 0.3) is 5.91 Å². The van der Waals surface area contributed by atoms with Crippen LogP contribution in [0.4, 0.5) is 11.4 Å². The van der Waals surface area contributed by atoms with Crippen molar-refractivity contribution in [1.29, 1.82) is 0 Å². The van der Waals surface area contributed by atoms with Crippen LogP contribution in [-0.2, 0) is 4.79 Å². The lowest BCUT2D eigenvalue weighted by atomic mass is 9.92. The van der Waals surface area contributed by atoms with Crippen molar-refractivity contribution in [3.8, 4) is 5.75 Å². The smallest absolute Gasteiger partial charge is 0.256 e. The van der Waals surface area contributed by atoms with Gasteiger partial charge in [-0.25, -0.2) is 0 Å². The zero-order valence-corrected chi connectivity index (χ0v) is 19.8. The minimum atomic E-state index is -0.616. The zero-order valence-electron chi connectivity index (χ0n) is 19.8. The van der Waals surface area contributed by atoms with Crippen LogP contribution in [-0.4, -0.2) is 25.0 Å². The molecule has 0 atom stereocenters. The number of carbonyl (C=O) groups is 2. The van der Waals surface area contributed by atoms with Gasteiger partial charge >= 0.3 is 0 Å². The molecule has 0 aromatic heterocycles. The van der Waals surface area contributed by atoms with E-state index in [2.05, 4.69) is 19.2 Å². The number of hydrogen-bond donors (Lipinski definition) is 1. The summed E-state index contributed by atoms with van der Waals surface area (Å²) in [5.74, 6) is 1.03. The van der Waals surface area contributed by atoms with E-state index in [1.165, 1.54) is 0 Å². The van der Waals surface area contributed by atoms with Gasteiger partial charge in [-0.3, -0.25) is 9.59 Å². The molecule has 0 saturated carbocycles. The molecule has 1 aliphatic heterocycles. The first-order valence-corrected chi connectivity index (χ1v) is 11.0. The maximum absolute atomic E-state index is 13.2. The molecule has 0 saturated heterocycles. The molecular formula is C26H34N2O3. The largest absolute Gasteiger partial charge is 0.490 e. The van der Waals surface area contributed by atoms with Gasteiger partial charge in [-0.05, 0) is 70.2 Å². The fourth-order valence-electron chi connectivity index (χ4n) is 4.07. The first-order valence-electron chi connectivity index (χ1n) is 11.0. The van der Waals surface area contributed by atoms with Gasteiger partial charge in [0.1, 0.15) is 12.4 Å². The van der Waals surface area contributed by atoms with Gasteiger partial charge in [-0.2, -0.15) is 0 Å². The molecule has 1 N–H and O–H groups in total. The summed E-state index contributed by atoms with van der Waals surface area (Å²) in [4.78, 5) is 28.0. The van der Waals surface area contributed by atoms with E-state index in [1.54, 1.807) is 0 Å². The molecule has 3 rings (SSSR count). The summed E-state index contributed by atoms with van der Waals surface area (Å²) in [7, 11) is 0. The van der Waals surface area contributed by atoms with Crippen LogP contribution in [0.15, 0.2) is 30.3 Å². The second-order valence-electron chi connectivity index (χ2n) is 9.72. The predicted molar refractivity (Wildman–Crippen MR) is 126 cm³/mol. The Kier molecular flexibility index (Phi) is 6.44. The molecule has 2 aromatic carbocycles. The Morgan fingerprint density at radius 3 is 2.39 bits per heavy atom. The second kappa shape index (κ2) is 8.74. The topological polar surface area (TPSA) is 58.6 Å². The lowest BCUT2D eigenvalue weighted by Crippen LogP contribution is -2.42. The fraction of sp³-hybridized carbons (Fsp3) is 0.462. The predicted octanol–water partition coefficient (Wildman–Crippen LogP) is 5.66. The van der Waals surface area contributed by atoms with Crippen molar-refractivity contribution < 1.29 is 14.3 Å². The number of amides is 2. The van der Waals surface area contributed by atoms with Crippen molar-refractivity contribution in [2.75, 3.05) is 23.4 Å². The monoisotopic (exact) mass is 422 g/mol. The van der Waals surface area contributed by atoms with E-state index in [-0.39, 0.29) is 11.8 Å². The second-order valence-corrected chi connectivity index (χ2v) is 9.72. The third kappa shape index (κ3) is 4.92. The Bertz CT molecular complexity index is 985. The fourth-order valence-corrected chi connectivity index (χ4v) is 4.07. The normalized spacial score (nSPS) is 15.4. The molecule has 31 heavy (non-hydrogen) atoms. The number of anilines is 2. The Morgan fingerprint density at radius 1 is 1.13 bits per heavy atom. The van der Waals surface area contributed by atoms with Crippen LogP contribution in [0, 0.1) is 32.1 Å². The van der Waals surface area contributed by atoms with Crippen LogP contribution in [0.5, 0.6) is 5.75 Å². The van der Waals surface area contributed by atoms with E-state index in [0.29, 0.717) is 36.1 Å². The van der Waals surface area contributed by atoms with Crippen molar-refractivity contribution in [3.63, 3.8) is 0 Å². The van der Waals surface area contributed by atoms with Crippen molar-refractivity contribution in [2.45, 2.75) is 54.9 Å². The number of nitrogens with zero attached hydrogens (tertiary/aromatic N) is 1. The first-order chi connectivity index (χ1) is 14.5. The molecule has 5 heteroatoms. The molecular weight excluding hydrogens is 388 g/mol. The van der Waals surface area contributed by atoms with Crippen LogP contribution in [0.2, 0.25) is 0 Å². The zero-order chi connectivity index (χ0) is 22.9. The van der Waals surface area contributed by atoms with Gasteiger partial charge in [0.2, 0.25) is 5.91 Å². The van der Waals surface area contributed by atoms with E-state index in [0.717, 1.165) is 28.8 Å². The number of rotatable bonds is 5. The summed E-state index contributed by atoms with van der Waals surface area (Å²) in [6.45, 7) is 15.0. The van der Waals surface area contributed by atoms with Gasteiger partial charge < -0.3 is 15.0 Å². The average molecular weight is 423 g/mol. The lowest BCUT2D eigenvalue weighted by molar-refractivity contribution is -0.127. The minimum Gasteiger partial charge on any atom is -0.490 e. The molecule has 166 valence electrons.